The van der Waals surface area contributed by atoms with Crippen molar-refractivity contribution >= 4 is 0 Å². The Morgan fingerprint density at radius 2 is 1.82 bits per heavy atom. The molecule has 0 saturated heterocycles. The molecular weight excluding hydrogens is 208 g/mol. The number of aryl methyl sites for hydroxylation is 2. The lowest BCUT2D eigenvalue weighted by molar-refractivity contribution is 0.242. The molecule has 17 heavy (non-hydrogen) atoms. The summed E-state index contributed by atoms with van der Waals surface area (Å²) in [4.78, 5) is 2.26. The van der Waals surface area contributed by atoms with Gasteiger partial charge in [0.05, 0.1) is 0 Å². The molecule has 0 radical (unpaired) electrons. The van der Waals surface area contributed by atoms with Crippen LogP contribution >= 0.6 is 0 Å². The smallest absolute Gasteiger partial charge is 0.0361 e. The highest BCUT2D eigenvalue weighted by Crippen LogP contribution is 2.29. The lowest BCUT2D eigenvalue weighted by Gasteiger charge is -2.32. The van der Waals surface area contributed by atoms with E-state index in [0.29, 0.717) is 6.04 Å². The highest BCUT2D eigenvalue weighted by Gasteiger charge is 2.23. The first-order chi connectivity index (χ1) is 7.70. The van der Waals surface area contributed by atoms with E-state index in [1.54, 1.807) is 0 Å². The summed E-state index contributed by atoms with van der Waals surface area (Å²) in [5, 5.41) is 0. The molecule has 96 valence electrons. The van der Waals surface area contributed by atoms with Crippen molar-refractivity contribution < 1.29 is 0 Å². The van der Waals surface area contributed by atoms with Crippen LogP contribution in [0.2, 0.25) is 0 Å². The van der Waals surface area contributed by atoms with E-state index in [-0.39, 0.29) is 5.54 Å². The Morgan fingerprint density at radius 1 is 1.24 bits per heavy atom. The van der Waals surface area contributed by atoms with Crippen LogP contribution in [0, 0.1) is 13.8 Å². The van der Waals surface area contributed by atoms with E-state index in [0.717, 1.165) is 6.42 Å². The summed E-state index contributed by atoms with van der Waals surface area (Å²) in [6, 6.07) is 7.05. The summed E-state index contributed by atoms with van der Waals surface area (Å²) in [5.74, 6) is 0. The molecule has 0 bridgehead atoms. The maximum Gasteiger partial charge on any atom is 0.0361 e. The molecule has 1 rings (SSSR count). The Hall–Kier alpha value is -0.860. The highest BCUT2D eigenvalue weighted by molar-refractivity contribution is 5.33. The third-order valence-electron chi connectivity index (χ3n) is 3.13. The maximum atomic E-state index is 6.16. The van der Waals surface area contributed by atoms with E-state index < -0.39 is 0 Å². The third-order valence-corrected chi connectivity index (χ3v) is 3.13. The predicted octanol–water partition coefficient (Wildman–Crippen LogP) is 3.03. The van der Waals surface area contributed by atoms with Crippen LogP contribution in [0.1, 0.15) is 43.0 Å². The minimum Gasteiger partial charge on any atom is -0.325 e. The van der Waals surface area contributed by atoms with Crippen molar-refractivity contribution in [3.63, 3.8) is 0 Å². The van der Waals surface area contributed by atoms with Gasteiger partial charge in [0.15, 0.2) is 0 Å². The third kappa shape index (κ3) is 4.14. The van der Waals surface area contributed by atoms with Gasteiger partial charge in [0.2, 0.25) is 0 Å². The van der Waals surface area contributed by atoms with Crippen LogP contribution in [0.5, 0.6) is 0 Å². The van der Waals surface area contributed by atoms with E-state index in [2.05, 4.69) is 64.9 Å². The average molecular weight is 234 g/mol. The molecule has 2 nitrogen and oxygen atoms in total. The van der Waals surface area contributed by atoms with Crippen molar-refractivity contribution in [1.29, 1.82) is 0 Å². The number of rotatable bonds is 4. The largest absolute Gasteiger partial charge is 0.325 e. The Kier molecular flexibility index (Phi) is 4.34. The predicted molar refractivity (Wildman–Crippen MR) is 75.2 cm³/mol. The molecule has 0 fully saturated rings. The molecule has 2 heteroatoms. The van der Waals surface area contributed by atoms with Crippen LogP contribution in [-0.4, -0.2) is 24.5 Å². The second-order valence-electron chi connectivity index (χ2n) is 6.03. The van der Waals surface area contributed by atoms with Gasteiger partial charge in [-0.3, -0.25) is 0 Å². The van der Waals surface area contributed by atoms with Gasteiger partial charge in [-0.1, -0.05) is 23.8 Å². The van der Waals surface area contributed by atoms with Crippen LogP contribution in [0.3, 0.4) is 0 Å². The molecule has 0 amide bonds. The number of hydrogen-bond donors (Lipinski definition) is 1. The Balaban J connectivity index is 3.06. The van der Waals surface area contributed by atoms with E-state index >= 15 is 0 Å². The molecule has 1 aromatic rings. The standard InChI is InChI=1S/C15H26N2/c1-11-7-8-13(12(2)9-11)14(17(5)6)10-15(3,4)16/h7-9,14H,10,16H2,1-6H3. The van der Waals surface area contributed by atoms with Crippen LogP contribution in [-0.2, 0) is 0 Å². The molecule has 0 aliphatic carbocycles. The molecule has 0 aliphatic rings. The summed E-state index contributed by atoms with van der Waals surface area (Å²) in [6.07, 6.45) is 0.962. The van der Waals surface area contributed by atoms with Crippen molar-refractivity contribution in [2.24, 2.45) is 5.73 Å². The fourth-order valence-corrected chi connectivity index (χ4v) is 2.27. The monoisotopic (exact) mass is 234 g/mol. The van der Waals surface area contributed by atoms with Crippen molar-refractivity contribution in [3.05, 3.63) is 34.9 Å². The SMILES string of the molecule is Cc1ccc(C(CC(C)(C)N)N(C)C)c(C)c1. The zero-order valence-electron chi connectivity index (χ0n) is 12.0. The zero-order valence-corrected chi connectivity index (χ0v) is 12.0. The van der Waals surface area contributed by atoms with E-state index in [4.69, 9.17) is 5.73 Å². The maximum absolute atomic E-state index is 6.16. The van der Waals surface area contributed by atoms with Crippen molar-refractivity contribution in [2.45, 2.75) is 45.7 Å². The van der Waals surface area contributed by atoms with Crippen molar-refractivity contribution in [2.75, 3.05) is 14.1 Å². The molecule has 0 aromatic heterocycles. The van der Waals surface area contributed by atoms with Crippen LogP contribution in [0.25, 0.3) is 0 Å². The number of hydrogen-bond acceptors (Lipinski definition) is 2. The summed E-state index contributed by atoms with van der Waals surface area (Å²) < 4.78 is 0. The second-order valence-corrected chi connectivity index (χ2v) is 6.03. The number of nitrogens with two attached hydrogens (primary N) is 1. The van der Waals surface area contributed by atoms with Crippen LogP contribution in [0.4, 0.5) is 0 Å². The van der Waals surface area contributed by atoms with Gasteiger partial charge in [-0.15, -0.1) is 0 Å². The van der Waals surface area contributed by atoms with E-state index in [1.807, 2.05) is 0 Å². The summed E-state index contributed by atoms with van der Waals surface area (Å²) in [5.41, 5.74) is 10.1. The second kappa shape index (κ2) is 5.19. The van der Waals surface area contributed by atoms with Gasteiger partial charge in [-0.05, 0) is 59.3 Å². The van der Waals surface area contributed by atoms with E-state index in [1.165, 1.54) is 16.7 Å². The fourth-order valence-electron chi connectivity index (χ4n) is 2.27. The molecule has 0 heterocycles. The van der Waals surface area contributed by atoms with Gasteiger partial charge < -0.3 is 10.6 Å². The zero-order chi connectivity index (χ0) is 13.2. The molecule has 0 saturated carbocycles. The lowest BCUT2D eigenvalue weighted by Crippen LogP contribution is -2.37. The summed E-state index contributed by atoms with van der Waals surface area (Å²) in [6.45, 7) is 8.50. The van der Waals surface area contributed by atoms with Gasteiger partial charge in [0.1, 0.15) is 0 Å². The molecule has 1 unspecified atom stereocenters. The van der Waals surface area contributed by atoms with Gasteiger partial charge in [-0.2, -0.15) is 0 Å². The minimum atomic E-state index is -0.147. The minimum absolute atomic E-state index is 0.147. The topological polar surface area (TPSA) is 29.3 Å². The quantitative estimate of drug-likeness (QED) is 0.867. The number of nitrogens with zero attached hydrogens (tertiary/aromatic N) is 1. The fraction of sp³-hybridized carbons (Fsp3) is 0.600. The molecule has 2 N–H and O–H groups in total. The first kappa shape index (κ1) is 14.2. The van der Waals surface area contributed by atoms with Gasteiger partial charge in [0, 0.05) is 11.6 Å². The van der Waals surface area contributed by atoms with Crippen molar-refractivity contribution in [1.82, 2.24) is 4.90 Å². The number of benzene rings is 1. The summed E-state index contributed by atoms with van der Waals surface area (Å²) in [7, 11) is 4.24. The van der Waals surface area contributed by atoms with Crippen LogP contribution < -0.4 is 5.73 Å². The van der Waals surface area contributed by atoms with Crippen molar-refractivity contribution in [3.8, 4) is 0 Å². The Bertz CT molecular complexity index is 375. The highest BCUT2D eigenvalue weighted by atomic mass is 15.1. The Labute approximate surface area is 106 Å². The summed E-state index contributed by atoms with van der Waals surface area (Å²) >= 11 is 0. The first-order valence-corrected chi connectivity index (χ1v) is 6.23. The molecule has 0 spiro atoms. The van der Waals surface area contributed by atoms with Gasteiger partial charge >= 0.3 is 0 Å². The molecule has 1 atom stereocenters. The van der Waals surface area contributed by atoms with E-state index in [9.17, 15) is 0 Å². The Morgan fingerprint density at radius 3 is 2.24 bits per heavy atom. The van der Waals surface area contributed by atoms with Crippen LogP contribution in [0.15, 0.2) is 18.2 Å². The molecule has 1 aromatic carbocycles. The normalized spacial score (nSPS) is 14.1. The average Bonchev–Trinajstić information content (AvgIpc) is 2.13. The molecular formula is C15H26N2. The first-order valence-electron chi connectivity index (χ1n) is 6.23. The molecule has 0 aliphatic heterocycles. The van der Waals surface area contributed by atoms with Gasteiger partial charge in [-0.25, -0.2) is 0 Å². The van der Waals surface area contributed by atoms with Gasteiger partial charge in [0.25, 0.3) is 0 Å². The lowest BCUT2D eigenvalue weighted by atomic mass is 9.89.